The van der Waals surface area contributed by atoms with Crippen LogP contribution in [0.1, 0.15) is 18.5 Å². The predicted octanol–water partition coefficient (Wildman–Crippen LogP) is 3.30. The minimum Gasteiger partial charge on any atom is -0.484 e. The normalized spacial score (nSPS) is 13.6. The Balaban J connectivity index is 2.87. The van der Waals surface area contributed by atoms with Gasteiger partial charge >= 0.3 is 6.18 Å². The summed E-state index contributed by atoms with van der Waals surface area (Å²) in [6.45, 7) is 0.306. The summed E-state index contributed by atoms with van der Waals surface area (Å²) in [6.07, 6.45) is -4.37. The molecule has 1 atom stereocenters. The van der Waals surface area contributed by atoms with Gasteiger partial charge in [-0.05, 0) is 25.1 Å². The van der Waals surface area contributed by atoms with Crippen LogP contribution in [-0.2, 0) is 0 Å². The molecule has 0 radical (unpaired) electrons. The molecule has 0 amide bonds. The third-order valence-electron chi connectivity index (χ3n) is 1.85. The Morgan fingerprint density at radius 1 is 1.44 bits per heavy atom. The highest BCUT2D eigenvalue weighted by molar-refractivity contribution is 6.30. The van der Waals surface area contributed by atoms with Crippen molar-refractivity contribution in [1.82, 2.24) is 0 Å². The van der Waals surface area contributed by atoms with Crippen LogP contribution in [-0.4, -0.2) is 12.8 Å². The lowest BCUT2D eigenvalue weighted by Gasteiger charge is -2.15. The first-order valence-corrected chi connectivity index (χ1v) is 4.92. The number of ether oxygens (including phenoxy) is 1. The van der Waals surface area contributed by atoms with E-state index in [0.717, 1.165) is 0 Å². The van der Waals surface area contributed by atoms with Crippen LogP contribution < -0.4 is 10.5 Å². The van der Waals surface area contributed by atoms with Crippen molar-refractivity contribution >= 4 is 11.6 Å². The predicted molar refractivity (Wildman–Crippen MR) is 55.6 cm³/mol. The molecular formula is C10H11ClF3NO. The lowest BCUT2D eigenvalue weighted by atomic mass is 10.1. The van der Waals surface area contributed by atoms with Gasteiger partial charge in [-0.2, -0.15) is 13.2 Å². The molecule has 1 aromatic carbocycles. The van der Waals surface area contributed by atoms with Gasteiger partial charge in [0.05, 0.1) is 0 Å². The minimum atomic E-state index is -4.37. The van der Waals surface area contributed by atoms with Crippen LogP contribution in [0.5, 0.6) is 5.75 Å². The number of alkyl halides is 3. The number of hydrogen-bond donors (Lipinski definition) is 1. The van der Waals surface area contributed by atoms with Crippen molar-refractivity contribution in [2.24, 2.45) is 5.73 Å². The summed E-state index contributed by atoms with van der Waals surface area (Å²) in [5, 5.41) is 0.409. The van der Waals surface area contributed by atoms with Crippen molar-refractivity contribution in [3.63, 3.8) is 0 Å². The second-order valence-electron chi connectivity index (χ2n) is 3.37. The molecule has 1 aromatic rings. The van der Waals surface area contributed by atoms with Gasteiger partial charge in [0.2, 0.25) is 0 Å². The van der Waals surface area contributed by atoms with Gasteiger partial charge in [0, 0.05) is 16.6 Å². The van der Waals surface area contributed by atoms with Crippen LogP contribution >= 0.6 is 11.6 Å². The molecule has 90 valence electrons. The van der Waals surface area contributed by atoms with Crippen molar-refractivity contribution in [2.75, 3.05) is 6.61 Å². The van der Waals surface area contributed by atoms with E-state index in [0.29, 0.717) is 10.6 Å². The topological polar surface area (TPSA) is 35.2 Å². The summed E-state index contributed by atoms with van der Waals surface area (Å²) in [6, 6.07) is 3.89. The molecule has 0 heterocycles. The summed E-state index contributed by atoms with van der Waals surface area (Å²) in [4.78, 5) is 0. The summed E-state index contributed by atoms with van der Waals surface area (Å²) in [7, 11) is 0. The van der Waals surface area contributed by atoms with E-state index in [2.05, 4.69) is 4.74 Å². The Kier molecular flexibility index (Phi) is 4.04. The molecule has 6 heteroatoms. The molecule has 0 aliphatic heterocycles. The standard InChI is InChI=1S/C10H11ClF3NO/c1-6(15)8-4-7(11)2-3-9(8)16-5-10(12,13)14/h2-4,6H,5,15H2,1H3/t6-/m0/s1. The molecular weight excluding hydrogens is 243 g/mol. The lowest BCUT2D eigenvalue weighted by Crippen LogP contribution is -2.20. The third kappa shape index (κ3) is 3.90. The van der Waals surface area contributed by atoms with Gasteiger partial charge in [0.1, 0.15) is 5.75 Å². The van der Waals surface area contributed by atoms with E-state index >= 15 is 0 Å². The first kappa shape index (κ1) is 13.1. The van der Waals surface area contributed by atoms with E-state index in [9.17, 15) is 13.2 Å². The van der Waals surface area contributed by atoms with Gasteiger partial charge in [-0.1, -0.05) is 11.6 Å². The Hall–Kier alpha value is -0.940. The number of benzene rings is 1. The molecule has 2 nitrogen and oxygen atoms in total. The SMILES string of the molecule is C[C@H](N)c1cc(Cl)ccc1OCC(F)(F)F. The minimum absolute atomic E-state index is 0.108. The Morgan fingerprint density at radius 3 is 2.56 bits per heavy atom. The van der Waals surface area contributed by atoms with Gasteiger partial charge in [0.15, 0.2) is 6.61 Å². The van der Waals surface area contributed by atoms with Crippen molar-refractivity contribution < 1.29 is 17.9 Å². The van der Waals surface area contributed by atoms with Crippen LogP contribution in [0.3, 0.4) is 0 Å². The maximum Gasteiger partial charge on any atom is 0.422 e. The summed E-state index contributed by atoms with van der Waals surface area (Å²) >= 11 is 5.72. The van der Waals surface area contributed by atoms with E-state index < -0.39 is 18.8 Å². The van der Waals surface area contributed by atoms with Gasteiger partial charge < -0.3 is 10.5 Å². The first-order valence-electron chi connectivity index (χ1n) is 4.54. The highest BCUT2D eigenvalue weighted by Crippen LogP contribution is 2.28. The molecule has 0 aliphatic rings. The largest absolute Gasteiger partial charge is 0.484 e. The maximum atomic E-state index is 12.0. The average Bonchev–Trinajstić information content (AvgIpc) is 2.14. The molecule has 1 rings (SSSR count). The van der Waals surface area contributed by atoms with Gasteiger partial charge in [-0.25, -0.2) is 0 Å². The van der Waals surface area contributed by atoms with Crippen LogP contribution in [0.2, 0.25) is 5.02 Å². The van der Waals surface area contributed by atoms with Crippen molar-refractivity contribution in [3.8, 4) is 5.75 Å². The van der Waals surface area contributed by atoms with E-state index in [-0.39, 0.29) is 5.75 Å². The van der Waals surface area contributed by atoms with Gasteiger partial charge in [-0.3, -0.25) is 0 Å². The second-order valence-corrected chi connectivity index (χ2v) is 3.81. The smallest absolute Gasteiger partial charge is 0.422 e. The highest BCUT2D eigenvalue weighted by Gasteiger charge is 2.29. The zero-order valence-electron chi connectivity index (χ0n) is 8.51. The summed E-state index contributed by atoms with van der Waals surface area (Å²) in [5.41, 5.74) is 6.06. The fourth-order valence-corrected chi connectivity index (χ4v) is 1.35. The van der Waals surface area contributed by atoms with E-state index in [1.807, 2.05) is 0 Å². The number of rotatable bonds is 3. The highest BCUT2D eigenvalue weighted by atomic mass is 35.5. The number of halogens is 4. The fraction of sp³-hybridized carbons (Fsp3) is 0.400. The quantitative estimate of drug-likeness (QED) is 0.897. The molecule has 0 spiro atoms. The molecule has 0 unspecified atom stereocenters. The second kappa shape index (κ2) is 4.93. The monoisotopic (exact) mass is 253 g/mol. The first-order chi connectivity index (χ1) is 7.29. The van der Waals surface area contributed by atoms with E-state index in [1.54, 1.807) is 6.92 Å². The molecule has 16 heavy (non-hydrogen) atoms. The Bertz CT molecular complexity index is 366. The van der Waals surface area contributed by atoms with Crippen molar-refractivity contribution in [3.05, 3.63) is 28.8 Å². The number of nitrogens with two attached hydrogens (primary N) is 1. The molecule has 0 fully saturated rings. The summed E-state index contributed by atoms with van der Waals surface area (Å²) in [5.74, 6) is 0.108. The van der Waals surface area contributed by atoms with Gasteiger partial charge in [0.25, 0.3) is 0 Å². The van der Waals surface area contributed by atoms with Crippen molar-refractivity contribution in [1.29, 1.82) is 0 Å². The average molecular weight is 254 g/mol. The van der Waals surface area contributed by atoms with Crippen LogP contribution in [0, 0.1) is 0 Å². The van der Waals surface area contributed by atoms with Crippen LogP contribution in [0.4, 0.5) is 13.2 Å². The van der Waals surface area contributed by atoms with E-state index in [1.165, 1.54) is 18.2 Å². The third-order valence-corrected chi connectivity index (χ3v) is 2.09. The molecule has 0 aliphatic carbocycles. The Labute approximate surface area is 96.1 Å². The van der Waals surface area contributed by atoms with E-state index in [4.69, 9.17) is 17.3 Å². The number of hydrogen-bond acceptors (Lipinski definition) is 2. The molecule has 0 bridgehead atoms. The van der Waals surface area contributed by atoms with Crippen LogP contribution in [0.25, 0.3) is 0 Å². The zero-order valence-corrected chi connectivity index (χ0v) is 9.27. The lowest BCUT2D eigenvalue weighted by molar-refractivity contribution is -0.153. The van der Waals surface area contributed by atoms with Crippen LogP contribution in [0.15, 0.2) is 18.2 Å². The molecule has 2 N–H and O–H groups in total. The molecule has 0 saturated heterocycles. The molecule has 0 aromatic heterocycles. The Morgan fingerprint density at radius 2 is 2.06 bits per heavy atom. The zero-order chi connectivity index (χ0) is 12.3. The molecule has 0 saturated carbocycles. The van der Waals surface area contributed by atoms with Gasteiger partial charge in [-0.15, -0.1) is 0 Å². The fourth-order valence-electron chi connectivity index (χ4n) is 1.17. The maximum absolute atomic E-state index is 12.0. The van der Waals surface area contributed by atoms with Crippen molar-refractivity contribution in [2.45, 2.75) is 19.1 Å². The summed E-state index contributed by atoms with van der Waals surface area (Å²) < 4.78 is 40.6.